The summed E-state index contributed by atoms with van der Waals surface area (Å²) in [5.74, 6) is -2.37. The summed E-state index contributed by atoms with van der Waals surface area (Å²) >= 11 is 0. The molecule has 2 aromatic carbocycles. The van der Waals surface area contributed by atoms with Crippen molar-refractivity contribution in [1.82, 2.24) is 4.90 Å². The molecule has 1 saturated heterocycles. The number of hydrogen-bond acceptors (Lipinski definition) is 6. The highest BCUT2D eigenvalue weighted by Gasteiger charge is 2.20. The summed E-state index contributed by atoms with van der Waals surface area (Å²) in [4.78, 5) is 47.2. The second-order valence-corrected chi connectivity index (χ2v) is 6.66. The molecule has 1 fully saturated rings. The van der Waals surface area contributed by atoms with Gasteiger partial charge in [-0.15, -0.1) is 0 Å². The van der Waals surface area contributed by atoms with Crippen molar-refractivity contribution in [3.8, 4) is 0 Å². The van der Waals surface area contributed by atoms with Gasteiger partial charge in [0.1, 0.15) is 0 Å². The number of hydrogen-bond donors (Lipinski definition) is 1. The van der Waals surface area contributed by atoms with Gasteiger partial charge in [-0.25, -0.2) is 4.79 Å². The third-order valence-corrected chi connectivity index (χ3v) is 4.50. The number of esters is 1. The summed E-state index contributed by atoms with van der Waals surface area (Å²) in [6, 6.07) is 9.39. The van der Waals surface area contributed by atoms with Crippen LogP contribution in [0.15, 0.2) is 42.5 Å². The molecular formula is C20H18FN3O6. The van der Waals surface area contributed by atoms with Gasteiger partial charge in [0.05, 0.1) is 10.5 Å². The van der Waals surface area contributed by atoms with Crippen LogP contribution in [-0.4, -0.2) is 40.8 Å². The predicted molar refractivity (Wildman–Crippen MR) is 103 cm³/mol. The van der Waals surface area contributed by atoms with Crippen LogP contribution in [0.5, 0.6) is 0 Å². The first-order chi connectivity index (χ1) is 14.3. The maximum atomic E-state index is 13.3. The van der Waals surface area contributed by atoms with Crippen LogP contribution >= 0.6 is 0 Å². The molecule has 0 spiro atoms. The number of carbonyl (C=O) groups is 3. The van der Waals surface area contributed by atoms with Crippen molar-refractivity contribution in [3.63, 3.8) is 0 Å². The van der Waals surface area contributed by atoms with Gasteiger partial charge >= 0.3 is 11.7 Å². The molecule has 10 heteroatoms. The van der Waals surface area contributed by atoms with Gasteiger partial charge in [0.2, 0.25) is 11.7 Å². The van der Waals surface area contributed by atoms with E-state index in [4.69, 9.17) is 4.74 Å². The number of nitrogens with one attached hydrogen (secondary N) is 1. The number of rotatable bonds is 7. The average Bonchev–Trinajstić information content (AvgIpc) is 3.12. The summed E-state index contributed by atoms with van der Waals surface area (Å²) in [6.07, 6.45) is 1.40. The van der Waals surface area contributed by atoms with Crippen LogP contribution in [0.2, 0.25) is 0 Å². The summed E-state index contributed by atoms with van der Waals surface area (Å²) in [5.41, 5.74) is 0.333. The molecule has 0 radical (unpaired) electrons. The SMILES string of the molecule is O=C(COC(=O)c1ccc(CN2CCCC2=O)cc1)Nc1ccc(F)c([N+](=O)[O-])c1. The fraction of sp³-hybridized carbons (Fsp3) is 0.250. The molecule has 1 aliphatic heterocycles. The van der Waals surface area contributed by atoms with E-state index in [1.807, 2.05) is 0 Å². The molecule has 0 aromatic heterocycles. The number of carbonyl (C=O) groups excluding carboxylic acids is 3. The number of nitro benzene ring substituents is 1. The summed E-state index contributed by atoms with van der Waals surface area (Å²) in [5, 5.41) is 13.0. The number of benzene rings is 2. The largest absolute Gasteiger partial charge is 0.452 e. The van der Waals surface area contributed by atoms with Crippen LogP contribution in [0.4, 0.5) is 15.8 Å². The number of ether oxygens (including phenoxy) is 1. The van der Waals surface area contributed by atoms with Crippen molar-refractivity contribution in [1.29, 1.82) is 0 Å². The Kier molecular flexibility index (Phi) is 6.35. The number of nitrogens with zero attached hydrogens (tertiary/aromatic N) is 2. The van der Waals surface area contributed by atoms with E-state index >= 15 is 0 Å². The standard InChI is InChI=1S/C20H18FN3O6/c21-16-8-7-15(10-17(16)24(28)29)22-18(25)12-30-20(27)14-5-3-13(4-6-14)11-23-9-1-2-19(23)26/h3-8,10H,1-2,9,11-12H2,(H,22,25). The summed E-state index contributed by atoms with van der Waals surface area (Å²) in [6.45, 7) is 0.573. The molecule has 0 saturated carbocycles. The molecule has 0 aliphatic carbocycles. The second kappa shape index (κ2) is 9.12. The van der Waals surface area contributed by atoms with Crippen LogP contribution in [0.3, 0.4) is 0 Å². The van der Waals surface area contributed by atoms with E-state index in [0.717, 1.165) is 36.7 Å². The van der Waals surface area contributed by atoms with Gasteiger partial charge in [0.15, 0.2) is 6.61 Å². The number of halogens is 1. The zero-order valence-corrected chi connectivity index (χ0v) is 15.8. The van der Waals surface area contributed by atoms with E-state index in [2.05, 4.69) is 5.32 Å². The smallest absolute Gasteiger partial charge is 0.338 e. The van der Waals surface area contributed by atoms with Crippen molar-refractivity contribution in [2.75, 3.05) is 18.5 Å². The third-order valence-electron chi connectivity index (χ3n) is 4.50. The maximum Gasteiger partial charge on any atom is 0.338 e. The molecule has 30 heavy (non-hydrogen) atoms. The Hall–Kier alpha value is -3.82. The van der Waals surface area contributed by atoms with E-state index in [0.29, 0.717) is 13.0 Å². The maximum absolute atomic E-state index is 13.3. The quantitative estimate of drug-likeness (QED) is 0.422. The van der Waals surface area contributed by atoms with Crippen LogP contribution in [-0.2, 0) is 20.9 Å². The minimum Gasteiger partial charge on any atom is -0.452 e. The molecule has 0 atom stereocenters. The van der Waals surface area contributed by atoms with Gasteiger partial charge in [-0.05, 0) is 36.2 Å². The highest BCUT2D eigenvalue weighted by atomic mass is 19.1. The molecule has 2 amide bonds. The minimum absolute atomic E-state index is 0.00459. The Labute approximate surface area is 170 Å². The van der Waals surface area contributed by atoms with Crippen molar-refractivity contribution < 1.29 is 28.4 Å². The highest BCUT2D eigenvalue weighted by Crippen LogP contribution is 2.21. The van der Waals surface area contributed by atoms with Gasteiger partial charge < -0.3 is 15.0 Å². The van der Waals surface area contributed by atoms with Crippen molar-refractivity contribution in [3.05, 3.63) is 69.5 Å². The van der Waals surface area contributed by atoms with E-state index in [9.17, 15) is 28.9 Å². The number of likely N-dealkylation sites (tertiary alicyclic amines) is 1. The van der Waals surface area contributed by atoms with Crippen LogP contribution in [0.1, 0.15) is 28.8 Å². The first-order valence-electron chi connectivity index (χ1n) is 9.11. The summed E-state index contributed by atoms with van der Waals surface area (Å²) in [7, 11) is 0. The van der Waals surface area contributed by atoms with Crippen molar-refractivity contribution in [2.24, 2.45) is 0 Å². The Balaban J connectivity index is 1.51. The highest BCUT2D eigenvalue weighted by molar-refractivity contribution is 5.95. The van der Waals surface area contributed by atoms with Crippen LogP contribution < -0.4 is 5.32 Å². The molecule has 3 rings (SSSR count). The third kappa shape index (κ3) is 5.16. The zero-order valence-electron chi connectivity index (χ0n) is 15.8. The monoisotopic (exact) mass is 415 g/mol. The van der Waals surface area contributed by atoms with Crippen molar-refractivity contribution in [2.45, 2.75) is 19.4 Å². The average molecular weight is 415 g/mol. The molecule has 1 N–H and O–H groups in total. The van der Waals surface area contributed by atoms with Gasteiger partial charge in [-0.1, -0.05) is 12.1 Å². The molecule has 0 bridgehead atoms. The molecular weight excluding hydrogens is 397 g/mol. The van der Waals surface area contributed by atoms with Crippen LogP contribution in [0, 0.1) is 15.9 Å². The lowest BCUT2D eigenvalue weighted by atomic mass is 10.1. The zero-order chi connectivity index (χ0) is 21.7. The lowest BCUT2D eigenvalue weighted by Crippen LogP contribution is -2.23. The molecule has 9 nitrogen and oxygen atoms in total. The van der Waals surface area contributed by atoms with Gasteiger partial charge in [-0.2, -0.15) is 4.39 Å². The Morgan fingerprint density at radius 2 is 1.93 bits per heavy atom. The molecule has 156 valence electrons. The van der Waals surface area contributed by atoms with E-state index in [1.165, 1.54) is 0 Å². The predicted octanol–water partition coefficient (Wildman–Crippen LogP) is 2.65. The Morgan fingerprint density at radius 3 is 2.57 bits per heavy atom. The first-order valence-corrected chi connectivity index (χ1v) is 9.11. The Bertz CT molecular complexity index is 993. The van der Waals surface area contributed by atoms with E-state index in [-0.39, 0.29) is 17.2 Å². The summed E-state index contributed by atoms with van der Waals surface area (Å²) < 4.78 is 18.2. The molecule has 1 heterocycles. The van der Waals surface area contributed by atoms with Gasteiger partial charge in [0.25, 0.3) is 5.91 Å². The lowest BCUT2D eigenvalue weighted by molar-refractivity contribution is -0.387. The topological polar surface area (TPSA) is 119 Å². The van der Waals surface area contributed by atoms with Crippen molar-refractivity contribution >= 4 is 29.2 Å². The normalized spacial score (nSPS) is 13.2. The van der Waals surface area contributed by atoms with Gasteiger partial charge in [0, 0.05) is 31.3 Å². The van der Waals surface area contributed by atoms with Gasteiger partial charge in [-0.3, -0.25) is 19.7 Å². The minimum atomic E-state index is -1.03. The van der Waals surface area contributed by atoms with E-state index < -0.39 is 34.9 Å². The molecule has 0 unspecified atom stereocenters. The molecule has 2 aromatic rings. The lowest BCUT2D eigenvalue weighted by Gasteiger charge is -2.15. The second-order valence-electron chi connectivity index (χ2n) is 6.66. The Morgan fingerprint density at radius 1 is 1.20 bits per heavy atom. The first kappa shape index (κ1) is 20.9. The fourth-order valence-corrected chi connectivity index (χ4v) is 2.98. The number of anilines is 1. The number of amides is 2. The van der Waals surface area contributed by atoms with E-state index in [1.54, 1.807) is 29.2 Å². The fourth-order valence-electron chi connectivity index (χ4n) is 2.98. The molecule has 1 aliphatic rings. The van der Waals surface area contributed by atoms with Crippen LogP contribution in [0.25, 0.3) is 0 Å². The number of nitro groups is 1.